The first kappa shape index (κ1) is 17.2. The Morgan fingerprint density at radius 3 is 2.58 bits per heavy atom. The van der Waals surface area contributed by atoms with Crippen molar-refractivity contribution in [2.24, 2.45) is 0 Å². The van der Waals surface area contributed by atoms with E-state index in [1.165, 1.54) is 11.8 Å². The van der Waals surface area contributed by atoms with E-state index in [9.17, 15) is 9.59 Å². The standard InChI is InChI=1S/C19H19N3O2/c1-3-16-8-4-5-10-18(16)21-19(24)13-22(14(2)23)17-9-6-7-15(11-17)12-20/h4-11H,3,13H2,1-2H3,(H,21,24). The molecule has 2 aromatic carbocycles. The van der Waals surface area contributed by atoms with Crippen molar-refractivity contribution in [3.63, 3.8) is 0 Å². The summed E-state index contributed by atoms with van der Waals surface area (Å²) in [6, 6.07) is 16.2. The lowest BCUT2D eigenvalue weighted by atomic mass is 10.1. The van der Waals surface area contributed by atoms with Gasteiger partial charge < -0.3 is 10.2 Å². The number of aryl methyl sites for hydroxylation is 1. The number of hydrogen-bond donors (Lipinski definition) is 1. The average molecular weight is 321 g/mol. The van der Waals surface area contributed by atoms with Gasteiger partial charge in [-0.25, -0.2) is 0 Å². The summed E-state index contributed by atoms with van der Waals surface area (Å²) in [5, 5.41) is 11.8. The number of rotatable bonds is 5. The van der Waals surface area contributed by atoms with Crippen molar-refractivity contribution in [1.29, 1.82) is 5.26 Å². The van der Waals surface area contributed by atoms with Crippen LogP contribution in [0.15, 0.2) is 48.5 Å². The van der Waals surface area contributed by atoms with Crippen LogP contribution in [-0.4, -0.2) is 18.4 Å². The minimum Gasteiger partial charge on any atom is -0.324 e. The molecule has 1 N–H and O–H groups in total. The molecular formula is C19H19N3O2. The van der Waals surface area contributed by atoms with E-state index in [0.717, 1.165) is 17.7 Å². The topological polar surface area (TPSA) is 73.2 Å². The molecule has 0 spiro atoms. The Morgan fingerprint density at radius 1 is 1.17 bits per heavy atom. The van der Waals surface area contributed by atoms with Gasteiger partial charge in [0, 0.05) is 18.3 Å². The van der Waals surface area contributed by atoms with Crippen LogP contribution in [0, 0.1) is 11.3 Å². The lowest BCUT2D eigenvalue weighted by Gasteiger charge is -2.21. The fourth-order valence-corrected chi connectivity index (χ4v) is 2.41. The summed E-state index contributed by atoms with van der Waals surface area (Å²) in [6.07, 6.45) is 0.803. The summed E-state index contributed by atoms with van der Waals surface area (Å²) < 4.78 is 0. The number of nitrogens with zero attached hydrogens (tertiary/aromatic N) is 2. The molecule has 2 aromatic rings. The van der Waals surface area contributed by atoms with Gasteiger partial charge in [0.1, 0.15) is 6.54 Å². The van der Waals surface area contributed by atoms with E-state index in [1.807, 2.05) is 37.3 Å². The van der Waals surface area contributed by atoms with Gasteiger partial charge in [-0.2, -0.15) is 5.26 Å². The van der Waals surface area contributed by atoms with Gasteiger partial charge in [0.05, 0.1) is 11.6 Å². The molecule has 0 aliphatic rings. The molecule has 0 bridgehead atoms. The number of nitrogens with one attached hydrogen (secondary N) is 1. The highest BCUT2D eigenvalue weighted by Gasteiger charge is 2.17. The molecule has 2 amide bonds. The summed E-state index contributed by atoms with van der Waals surface area (Å²) >= 11 is 0. The maximum atomic E-state index is 12.4. The molecule has 5 nitrogen and oxygen atoms in total. The van der Waals surface area contributed by atoms with Crippen LogP contribution in [0.5, 0.6) is 0 Å². The van der Waals surface area contributed by atoms with Crippen LogP contribution >= 0.6 is 0 Å². The van der Waals surface area contributed by atoms with Gasteiger partial charge in [0.2, 0.25) is 11.8 Å². The molecular weight excluding hydrogens is 302 g/mol. The van der Waals surface area contributed by atoms with E-state index < -0.39 is 0 Å². The Bertz CT molecular complexity index is 793. The third kappa shape index (κ3) is 4.20. The predicted octanol–water partition coefficient (Wildman–Crippen LogP) is 3.11. The quantitative estimate of drug-likeness (QED) is 0.919. The molecule has 0 fully saturated rings. The Labute approximate surface area is 141 Å². The molecule has 0 radical (unpaired) electrons. The first-order valence-corrected chi connectivity index (χ1v) is 7.71. The van der Waals surface area contributed by atoms with E-state index in [-0.39, 0.29) is 18.4 Å². The van der Waals surface area contributed by atoms with Crippen molar-refractivity contribution in [2.75, 3.05) is 16.8 Å². The van der Waals surface area contributed by atoms with Crippen LogP contribution < -0.4 is 10.2 Å². The van der Waals surface area contributed by atoms with Crippen LogP contribution in [0.1, 0.15) is 25.0 Å². The number of hydrogen-bond acceptors (Lipinski definition) is 3. The zero-order chi connectivity index (χ0) is 17.5. The van der Waals surface area contributed by atoms with Crippen LogP contribution in [0.3, 0.4) is 0 Å². The van der Waals surface area contributed by atoms with Crippen molar-refractivity contribution >= 4 is 23.2 Å². The normalized spacial score (nSPS) is 9.88. The van der Waals surface area contributed by atoms with Crippen LogP contribution in [0.2, 0.25) is 0 Å². The third-order valence-corrected chi connectivity index (χ3v) is 3.64. The highest BCUT2D eigenvalue weighted by Crippen LogP contribution is 2.18. The van der Waals surface area contributed by atoms with Gasteiger partial charge >= 0.3 is 0 Å². The molecule has 0 saturated heterocycles. The van der Waals surface area contributed by atoms with Gasteiger partial charge in [-0.1, -0.05) is 31.2 Å². The van der Waals surface area contributed by atoms with Crippen LogP contribution in [-0.2, 0) is 16.0 Å². The fourth-order valence-electron chi connectivity index (χ4n) is 2.41. The lowest BCUT2D eigenvalue weighted by Crippen LogP contribution is -2.36. The Morgan fingerprint density at radius 2 is 1.92 bits per heavy atom. The van der Waals surface area contributed by atoms with Crippen molar-refractivity contribution in [1.82, 2.24) is 0 Å². The molecule has 5 heteroatoms. The molecule has 0 aromatic heterocycles. The highest BCUT2D eigenvalue weighted by molar-refractivity contribution is 6.02. The number of carbonyl (C=O) groups excluding carboxylic acids is 2. The zero-order valence-electron chi connectivity index (χ0n) is 13.7. The number of para-hydroxylation sites is 1. The van der Waals surface area contributed by atoms with E-state index in [4.69, 9.17) is 5.26 Å². The maximum absolute atomic E-state index is 12.4. The summed E-state index contributed by atoms with van der Waals surface area (Å²) in [5.41, 5.74) is 2.75. The number of carbonyl (C=O) groups is 2. The Balaban J connectivity index is 2.17. The van der Waals surface area contributed by atoms with E-state index in [0.29, 0.717) is 11.3 Å². The monoisotopic (exact) mass is 321 g/mol. The lowest BCUT2D eigenvalue weighted by molar-refractivity contribution is -0.120. The van der Waals surface area contributed by atoms with Crippen molar-refractivity contribution in [3.8, 4) is 6.07 Å². The summed E-state index contributed by atoms with van der Waals surface area (Å²) in [4.78, 5) is 25.6. The van der Waals surface area contributed by atoms with Crippen LogP contribution in [0.4, 0.5) is 11.4 Å². The zero-order valence-corrected chi connectivity index (χ0v) is 13.7. The van der Waals surface area contributed by atoms with Gasteiger partial charge in [-0.15, -0.1) is 0 Å². The van der Waals surface area contributed by atoms with E-state index in [2.05, 4.69) is 5.32 Å². The Kier molecular flexibility index (Phi) is 5.69. The maximum Gasteiger partial charge on any atom is 0.244 e. The van der Waals surface area contributed by atoms with Gasteiger partial charge in [-0.05, 0) is 36.2 Å². The Hall–Kier alpha value is -3.13. The molecule has 0 saturated carbocycles. The molecule has 0 aliphatic heterocycles. The van der Waals surface area contributed by atoms with Crippen LogP contribution in [0.25, 0.3) is 0 Å². The molecule has 0 aliphatic carbocycles. The summed E-state index contributed by atoms with van der Waals surface area (Å²) in [7, 11) is 0. The smallest absolute Gasteiger partial charge is 0.244 e. The van der Waals surface area contributed by atoms with Crippen molar-refractivity contribution in [3.05, 3.63) is 59.7 Å². The summed E-state index contributed by atoms with van der Waals surface area (Å²) in [5.74, 6) is -0.544. The summed E-state index contributed by atoms with van der Waals surface area (Å²) in [6.45, 7) is 3.30. The first-order chi connectivity index (χ1) is 11.5. The van der Waals surface area contributed by atoms with Gasteiger partial charge in [-0.3, -0.25) is 9.59 Å². The molecule has 122 valence electrons. The molecule has 0 heterocycles. The molecule has 2 rings (SSSR count). The second kappa shape index (κ2) is 7.93. The predicted molar refractivity (Wildman–Crippen MR) is 93.6 cm³/mol. The minimum atomic E-state index is -0.284. The molecule has 0 atom stereocenters. The van der Waals surface area contributed by atoms with E-state index >= 15 is 0 Å². The molecule has 24 heavy (non-hydrogen) atoms. The van der Waals surface area contributed by atoms with Gasteiger partial charge in [0.25, 0.3) is 0 Å². The number of nitriles is 1. The first-order valence-electron chi connectivity index (χ1n) is 7.71. The minimum absolute atomic E-state index is 0.109. The number of amides is 2. The molecule has 0 unspecified atom stereocenters. The SMILES string of the molecule is CCc1ccccc1NC(=O)CN(C(C)=O)c1cccc(C#N)c1. The highest BCUT2D eigenvalue weighted by atomic mass is 16.2. The van der Waals surface area contributed by atoms with Crippen molar-refractivity contribution < 1.29 is 9.59 Å². The van der Waals surface area contributed by atoms with E-state index in [1.54, 1.807) is 24.3 Å². The number of benzene rings is 2. The number of anilines is 2. The van der Waals surface area contributed by atoms with Crippen molar-refractivity contribution in [2.45, 2.75) is 20.3 Å². The second-order valence-corrected chi connectivity index (χ2v) is 5.33. The fraction of sp³-hybridized carbons (Fsp3) is 0.211. The average Bonchev–Trinajstić information content (AvgIpc) is 2.60. The third-order valence-electron chi connectivity index (χ3n) is 3.64. The largest absolute Gasteiger partial charge is 0.324 e. The second-order valence-electron chi connectivity index (χ2n) is 5.33. The van der Waals surface area contributed by atoms with Gasteiger partial charge in [0.15, 0.2) is 0 Å².